The second-order valence-electron chi connectivity index (χ2n) is 7.52. The van der Waals surface area contributed by atoms with Crippen molar-refractivity contribution >= 4 is 12.0 Å². The lowest BCUT2D eigenvalue weighted by Crippen LogP contribution is -2.45. The molecule has 0 radical (unpaired) electrons. The van der Waals surface area contributed by atoms with E-state index in [2.05, 4.69) is 16.7 Å². The third kappa shape index (κ3) is 4.96. The van der Waals surface area contributed by atoms with Crippen LogP contribution >= 0.6 is 0 Å². The normalized spacial score (nSPS) is 16.3. The Bertz CT molecular complexity index is 941. The summed E-state index contributed by atoms with van der Waals surface area (Å²) < 4.78 is 11.3. The van der Waals surface area contributed by atoms with Crippen molar-refractivity contribution in [2.24, 2.45) is 0 Å². The second-order valence-corrected chi connectivity index (χ2v) is 7.52. The number of hydrogen-bond acceptors (Lipinski definition) is 4. The minimum Gasteiger partial charge on any atom is -0.459 e. The molecule has 1 aliphatic heterocycles. The molecule has 2 amide bonds. The molecule has 1 aliphatic rings. The highest BCUT2D eigenvalue weighted by atomic mass is 16.5. The van der Waals surface area contributed by atoms with Gasteiger partial charge in [0.1, 0.15) is 11.5 Å². The summed E-state index contributed by atoms with van der Waals surface area (Å²) in [6, 6.07) is 12.4. The van der Waals surface area contributed by atoms with Crippen LogP contribution in [-0.4, -0.2) is 18.1 Å². The number of carbonyl (C=O) groups excluding carboxylic acids is 2. The van der Waals surface area contributed by atoms with Gasteiger partial charge in [0.05, 0.1) is 17.7 Å². The maximum absolute atomic E-state index is 12.6. The van der Waals surface area contributed by atoms with Crippen LogP contribution in [0, 0.1) is 13.8 Å². The second kappa shape index (κ2) is 8.39. The van der Waals surface area contributed by atoms with Crippen LogP contribution in [-0.2, 0) is 9.53 Å². The van der Waals surface area contributed by atoms with Gasteiger partial charge in [-0.3, -0.25) is 0 Å². The Morgan fingerprint density at radius 1 is 0.966 bits per heavy atom. The number of esters is 1. The van der Waals surface area contributed by atoms with E-state index in [1.807, 2.05) is 50.2 Å². The molecule has 152 valence electrons. The van der Waals surface area contributed by atoms with Crippen molar-refractivity contribution in [1.29, 1.82) is 0 Å². The largest absolute Gasteiger partial charge is 0.459 e. The maximum Gasteiger partial charge on any atom is 0.338 e. The molecule has 6 heteroatoms. The fraction of sp³-hybridized carbons (Fsp3) is 0.304. The Balaban J connectivity index is 1.85. The summed E-state index contributed by atoms with van der Waals surface area (Å²) in [5.74, 6) is 0.985. The Hall–Kier alpha value is -3.28. The first-order valence-corrected chi connectivity index (χ1v) is 9.58. The van der Waals surface area contributed by atoms with Crippen LogP contribution in [0.1, 0.15) is 43.5 Å². The number of aryl methyl sites for hydroxylation is 2. The van der Waals surface area contributed by atoms with Gasteiger partial charge in [-0.15, -0.1) is 0 Å². The van der Waals surface area contributed by atoms with Crippen LogP contribution in [0.5, 0.6) is 11.5 Å². The van der Waals surface area contributed by atoms with Crippen LogP contribution in [0.25, 0.3) is 0 Å². The number of amides is 2. The topological polar surface area (TPSA) is 76.7 Å². The van der Waals surface area contributed by atoms with Crippen molar-refractivity contribution in [2.75, 3.05) is 0 Å². The van der Waals surface area contributed by atoms with Crippen LogP contribution < -0.4 is 15.4 Å². The first-order chi connectivity index (χ1) is 13.7. The standard InChI is InChI=1S/C23H26N2O4/c1-13(2)28-22(26)20-16(5)24-23(27)25-21(20)17-6-8-18(9-7-17)29-19-11-14(3)10-15(4)12-19/h6-13,21H,1-5H3,(H2,24,25,27). The zero-order valence-electron chi connectivity index (χ0n) is 17.3. The van der Waals surface area contributed by atoms with E-state index in [0.29, 0.717) is 17.0 Å². The van der Waals surface area contributed by atoms with Crippen molar-refractivity contribution in [3.8, 4) is 11.5 Å². The number of ether oxygens (including phenoxy) is 2. The molecule has 0 aromatic heterocycles. The summed E-state index contributed by atoms with van der Waals surface area (Å²) >= 11 is 0. The number of benzene rings is 2. The fourth-order valence-corrected chi connectivity index (χ4v) is 3.35. The third-order valence-electron chi connectivity index (χ3n) is 4.48. The number of carbonyl (C=O) groups is 2. The SMILES string of the molecule is CC1=C(C(=O)OC(C)C)C(c2ccc(Oc3cc(C)cc(C)c3)cc2)NC(=O)N1. The molecular formula is C23H26N2O4. The number of hydrogen-bond donors (Lipinski definition) is 2. The third-order valence-corrected chi connectivity index (χ3v) is 4.48. The van der Waals surface area contributed by atoms with E-state index in [4.69, 9.17) is 9.47 Å². The van der Waals surface area contributed by atoms with Crippen molar-refractivity contribution < 1.29 is 19.1 Å². The molecule has 2 aromatic rings. The van der Waals surface area contributed by atoms with Crippen LogP contribution in [0.2, 0.25) is 0 Å². The first kappa shape index (κ1) is 20.5. The quantitative estimate of drug-likeness (QED) is 0.722. The Morgan fingerprint density at radius 3 is 2.17 bits per heavy atom. The van der Waals surface area contributed by atoms with Gasteiger partial charge in [-0.25, -0.2) is 9.59 Å². The van der Waals surface area contributed by atoms with E-state index >= 15 is 0 Å². The van der Waals surface area contributed by atoms with E-state index in [-0.39, 0.29) is 12.1 Å². The van der Waals surface area contributed by atoms with Crippen LogP contribution in [0.15, 0.2) is 53.7 Å². The molecule has 3 rings (SSSR count). The van der Waals surface area contributed by atoms with Crippen LogP contribution in [0.3, 0.4) is 0 Å². The van der Waals surface area contributed by atoms with Gasteiger partial charge in [0.25, 0.3) is 0 Å². The van der Waals surface area contributed by atoms with E-state index in [0.717, 1.165) is 22.4 Å². The lowest BCUT2D eigenvalue weighted by Gasteiger charge is -2.28. The molecule has 1 atom stereocenters. The van der Waals surface area contributed by atoms with E-state index in [1.165, 1.54) is 0 Å². The lowest BCUT2D eigenvalue weighted by molar-refractivity contribution is -0.143. The Morgan fingerprint density at radius 2 is 1.59 bits per heavy atom. The molecule has 29 heavy (non-hydrogen) atoms. The zero-order valence-corrected chi connectivity index (χ0v) is 17.3. The highest BCUT2D eigenvalue weighted by Gasteiger charge is 2.32. The van der Waals surface area contributed by atoms with Crippen molar-refractivity contribution in [3.05, 3.63) is 70.4 Å². The number of rotatable bonds is 5. The smallest absolute Gasteiger partial charge is 0.338 e. The van der Waals surface area contributed by atoms with Crippen molar-refractivity contribution in [3.63, 3.8) is 0 Å². The Labute approximate surface area is 170 Å². The van der Waals surface area contributed by atoms with Gasteiger partial charge in [0.15, 0.2) is 0 Å². The predicted molar refractivity (Wildman–Crippen MR) is 111 cm³/mol. The maximum atomic E-state index is 12.6. The summed E-state index contributed by atoms with van der Waals surface area (Å²) in [7, 11) is 0. The minimum atomic E-state index is -0.592. The molecule has 1 heterocycles. The molecule has 1 unspecified atom stereocenters. The monoisotopic (exact) mass is 394 g/mol. The summed E-state index contributed by atoms with van der Waals surface area (Å²) in [5.41, 5.74) is 3.90. The Kier molecular flexibility index (Phi) is 5.92. The van der Waals surface area contributed by atoms with Gasteiger partial charge < -0.3 is 20.1 Å². The predicted octanol–water partition coefficient (Wildman–Crippen LogP) is 4.68. The molecule has 0 bridgehead atoms. The molecule has 6 nitrogen and oxygen atoms in total. The highest BCUT2D eigenvalue weighted by Crippen LogP contribution is 2.30. The zero-order chi connectivity index (χ0) is 21.1. The minimum absolute atomic E-state index is 0.255. The molecule has 0 saturated heterocycles. The molecule has 2 N–H and O–H groups in total. The first-order valence-electron chi connectivity index (χ1n) is 9.58. The summed E-state index contributed by atoms with van der Waals surface area (Å²) in [5, 5.41) is 5.44. The molecule has 0 fully saturated rings. The van der Waals surface area contributed by atoms with Crippen molar-refractivity contribution in [2.45, 2.75) is 46.8 Å². The van der Waals surface area contributed by atoms with Gasteiger partial charge >= 0.3 is 12.0 Å². The number of nitrogens with one attached hydrogen (secondary N) is 2. The van der Waals surface area contributed by atoms with E-state index in [1.54, 1.807) is 20.8 Å². The summed E-state index contributed by atoms with van der Waals surface area (Å²) in [6.07, 6.45) is -0.255. The fourth-order valence-electron chi connectivity index (χ4n) is 3.35. The van der Waals surface area contributed by atoms with Crippen LogP contribution in [0.4, 0.5) is 4.79 Å². The van der Waals surface area contributed by atoms with E-state index in [9.17, 15) is 9.59 Å². The van der Waals surface area contributed by atoms with Crippen molar-refractivity contribution in [1.82, 2.24) is 10.6 Å². The summed E-state index contributed by atoms with van der Waals surface area (Å²) in [6.45, 7) is 9.32. The molecule has 0 spiro atoms. The molecule has 0 aliphatic carbocycles. The number of allylic oxidation sites excluding steroid dienone is 1. The average molecular weight is 394 g/mol. The van der Waals surface area contributed by atoms with Gasteiger partial charge in [-0.05, 0) is 75.6 Å². The van der Waals surface area contributed by atoms with E-state index < -0.39 is 12.0 Å². The highest BCUT2D eigenvalue weighted by molar-refractivity contribution is 5.95. The van der Waals surface area contributed by atoms with Gasteiger partial charge in [0.2, 0.25) is 0 Å². The van der Waals surface area contributed by atoms with Gasteiger partial charge in [-0.2, -0.15) is 0 Å². The van der Waals surface area contributed by atoms with Gasteiger partial charge in [0, 0.05) is 5.70 Å². The molecule has 2 aromatic carbocycles. The molecule has 0 saturated carbocycles. The molecular weight excluding hydrogens is 368 g/mol. The van der Waals surface area contributed by atoms with Gasteiger partial charge in [-0.1, -0.05) is 18.2 Å². The lowest BCUT2D eigenvalue weighted by atomic mass is 9.95. The summed E-state index contributed by atoms with van der Waals surface area (Å²) in [4.78, 5) is 24.6. The number of urea groups is 1. The average Bonchev–Trinajstić information content (AvgIpc) is 2.60.